The van der Waals surface area contributed by atoms with Crippen molar-refractivity contribution in [3.05, 3.63) is 105 Å². The minimum absolute atomic E-state index is 0.0478. The average Bonchev–Trinajstić information content (AvgIpc) is 3.26. The number of aromatic nitrogens is 1. The van der Waals surface area contributed by atoms with Gasteiger partial charge in [0.2, 0.25) is 0 Å². The largest absolute Gasteiger partial charge is 0.466 e. The molecule has 2 aromatic carbocycles. The van der Waals surface area contributed by atoms with E-state index in [-0.39, 0.29) is 5.78 Å². The van der Waals surface area contributed by atoms with Crippen LogP contribution in [0.3, 0.4) is 0 Å². The van der Waals surface area contributed by atoms with E-state index in [0.717, 1.165) is 33.9 Å². The van der Waals surface area contributed by atoms with Crippen molar-refractivity contribution in [1.82, 2.24) is 9.88 Å². The maximum absolute atomic E-state index is 13.7. The molecule has 1 aliphatic carbocycles. The smallest absolute Gasteiger partial charge is 0.336 e. The van der Waals surface area contributed by atoms with Gasteiger partial charge in [0.25, 0.3) is 0 Å². The minimum atomic E-state index is -0.519. The summed E-state index contributed by atoms with van der Waals surface area (Å²) < 4.78 is 7.40. The molecular formula is C29H28N2O3. The van der Waals surface area contributed by atoms with E-state index in [0.29, 0.717) is 22.4 Å². The van der Waals surface area contributed by atoms with Gasteiger partial charge >= 0.3 is 5.97 Å². The lowest BCUT2D eigenvalue weighted by atomic mass is 9.79. The number of aryl methyl sites for hydroxylation is 3. The second-order valence-corrected chi connectivity index (χ2v) is 9.20. The van der Waals surface area contributed by atoms with Crippen LogP contribution >= 0.6 is 0 Å². The number of ketones is 1. The average molecular weight is 453 g/mol. The molecule has 3 aromatic rings. The Morgan fingerprint density at radius 3 is 2.35 bits per heavy atom. The molecule has 172 valence electrons. The number of nitrogens with one attached hydrogen (secondary N) is 1. The molecule has 0 bridgehead atoms. The van der Waals surface area contributed by atoms with Crippen LogP contribution in [0.4, 0.5) is 0 Å². The van der Waals surface area contributed by atoms with Gasteiger partial charge in [0.1, 0.15) is 0 Å². The van der Waals surface area contributed by atoms with Crippen LogP contribution in [0.2, 0.25) is 0 Å². The number of fused-ring (bicyclic) bond motifs is 2. The van der Waals surface area contributed by atoms with Crippen molar-refractivity contribution < 1.29 is 14.3 Å². The Bertz CT molecular complexity index is 1450. The second-order valence-electron chi connectivity index (χ2n) is 9.20. The molecule has 1 atom stereocenters. The van der Waals surface area contributed by atoms with Crippen molar-refractivity contribution in [3.8, 4) is 5.69 Å². The summed E-state index contributed by atoms with van der Waals surface area (Å²) in [6.07, 6.45) is 0. The summed E-state index contributed by atoms with van der Waals surface area (Å²) in [6.45, 7) is 10.2. The van der Waals surface area contributed by atoms with Gasteiger partial charge in [0.15, 0.2) is 5.78 Å². The number of carbonyl (C=O) groups excluding carboxylic acids is 2. The van der Waals surface area contributed by atoms with Crippen LogP contribution in [0.1, 0.15) is 56.8 Å². The second kappa shape index (κ2) is 7.87. The van der Waals surface area contributed by atoms with Crippen molar-refractivity contribution in [2.45, 2.75) is 40.5 Å². The summed E-state index contributed by atoms with van der Waals surface area (Å²) in [7, 11) is 1.38. The number of hydrogen-bond donors (Lipinski definition) is 1. The van der Waals surface area contributed by atoms with E-state index >= 15 is 0 Å². The van der Waals surface area contributed by atoms with Gasteiger partial charge in [-0.3, -0.25) is 4.79 Å². The molecule has 0 saturated heterocycles. The lowest BCUT2D eigenvalue weighted by Gasteiger charge is -2.29. The predicted octanol–water partition coefficient (Wildman–Crippen LogP) is 5.45. The van der Waals surface area contributed by atoms with Crippen molar-refractivity contribution >= 4 is 17.4 Å². The number of esters is 1. The van der Waals surface area contributed by atoms with E-state index < -0.39 is 11.9 Å². The van der Waals surface area contributed by atoms with E-state index in [1.54, 1.807) is 0 Å². The summed E-state index contributed by atoms with van der Waals surface area (Å²) in [5.74, 6) is -0.996. The SMILES string of the molecule is COC(=O)C1=C(C)NC2=C(C(=O)c3ccccc32)[C@H]1c1cc(C)n(-c2ccc(C)cc2C)c1C. The first kappa shape index (κ1) is 22.0. The van der Waals surface area contributed by atoms with Crippen LogP contribution in [-0.4, -0.2) is 23.4 Å². The Morgan fingerprint density at radius 1 is 0.971 bits per heavy atom. The monoisotopic (exact) mass is 452 g/mol. The van der Waals surface area contributed by atoms with Crippen LogP contribution in [0.25, 0.3) is 11.4 Å². The third-order valence-corrected chi connectivity index (χ3v) is 7.03. The molecule has 5 nitrogen and oxygen atoms in total. The van der Waals surface area contributed by atoms with Gasteiger partial charge in [-0.05, 0) is 57.9 Å². The molecule has 0 radical (unpaired) electrons. The van der Waals surface area contributed by atoms with Gasteiger partial charge < -0.3 is 14.6 Å². The van der Waals surface area contributed by atoms with Crippen LogP contribution in [-0.2, 0) is 9.53 Å². The van der Waals surface area contributed by atoms with Gasteiger partial charge in [-0.25, -0.2) is 4.79 Å². The van der Waals surface area contributed by atoms with E-state index in [1.165, 1.54) is 18.2 Å². The summed E-state index contributed by atoms with van der Waals surface area (Å²) in [5.41, 5.74) is 10.6. The maximum atomic E-state index is 13.7. The molecule has 0 fully saturated rings. The number of carbonyl (C=O) groups is 2. The van der Waals surface area contributed by atoms with Crippen LogP contribution in [0.5, 0.6) is 0 Å². The first-order chi connectivity index (χ1) is 16.2. The molecule has 5 rings (SSSR count). The molecule has 1 aromatic heterocycles. The van der Waals surface area contributed by atoms with Crippen LogP contribution < -0.4 is 5.32 Å². The first-order valence-corrected chi connectivity index (χ1v) is 11.5. The highest BCUT2D eigenvalue weighted by Gasteiger charge is 2.43. The molecule has 5 heteroatoms. The number of benzene rings is 2. The number of allylic oxidation sites excluding steroid dienone is 2. The third-order valence-electron chi connectivity index (χ3n) is 7.03. The summed E-state index contributed by atoms with van der Waals surface area (Å²) in [4.78, 5) is 26.7. The number of dihydropyridines is 1. The van der Waals surface area contributed by atoms with Gasteiger partial charge in [-0.15, -0.1) is 0 Å². The Kier molecular flexibility index (Phi) is 5.08. The minimum Gasteiger partial charge on any atom is -0.466 e. The van der Waals surface area contributed by atoms with Gasteiger partial charge in [-0.2, -0.15) is 0 Å². The third kappa shape index (κ3) is 3.07. The lowest BCUT2D eigenvalue weighted by Crippen LogP contribution is -2.29. The normalized spacial score (nSPS) is 17.0. The number of ether oxygens (including phenoxy) is 1. The molecule has 0 unspecified atom stereocenters. The van der Waals surface area contributed by atoms with Crippen molar-refractivity contribution in [3.63, 3.8) is 0 Å². The Balaban J connectivity index is 1.76. The molecule has 1 N–H and O–H groups in total. The van der Waals surface area contributed by atoms with Crippen LogP contribution in [0.15, 0.2) is 65.4 Å². The molecular weight excluding hydrogens is 424 g/mol. The maximum Gasteiger partial charge on any atom is 0.336 e. The number of methoxy groups -OCH3 is 1. The topological polar surface area (TPSA) is 60.3 Å². The number of Topliss-reactive ketones (excluding diaryl/α,β-unsaturated/α-hetero) is 1. The first-order valence-electron chi connectivity index (χ1n) is 11.5. The highest BCUT2D eigenvalue weighted by Crippen LogP contribution is 2.48. The highest BCUT2D eigenvalue weighted by atomic mass is 16.5. The molecule has 0 saturated carbocycles. The molecule has 2 aliphatic rings. The Labute approximate surface area is 199 Å². The standard InChI is InChI=1S/C29H28N2O3/c1-15-11-12-23(16(2)13-15)31-17(3)14-22(19(31)5)25-24(29(33)34-6)18(4)30-27-20-9-7-8-10-21(20)28(32)26(25)27/h7-14,25,30H,1-6H3/t25-/m0/s1. The molecule has 1 aliphatic heterocycles. The quantitative estimate of drug-likeness (QED) is 0.537. The molecule has 34 heavy (non-hydrogen) atoms. The van der Waals surface area contributed by atoms with E-state index in [9.17, 15) is 9.59 Å². The zero-order valence-corrected chi connectivity index (χ0v) is 20.4. The zero-order chi connectivity index (χ0) is 24.3. The van der Waals surface area contributed by atoms with Gasteiger partial charge in [-0.1, -0.05) is 42.0 Å². The summed E-state index contributed by atoms with van der Waals surface area (Å²) in [6, 6.07) is 16.1. The predicted molar refractivity (Wildman–Crippen MR) is 133 cm³/mol. The van der Waals surface area contributed by atoms with Crippen LogP contribution in [0, 0.1) is 27.7 Å². The fraction of sp³-hybridized carbons (Fsp3) is 0.241. The lowest BCUT2D eigenvalue weighted by molar-refractivity contribution is -0.136. The zero-order valence-electron chi connectivity index (χ0n) is 20.4. The van der Waals surface area contributed by atoms with Crippen molar-refractivity contribution in [2.75, 3.05) is 7.11 Å². The molecule has 2 heterocycles. The van der Waals surface area contributed by atoms with E-state index in [4.69, 9.17) is 4.74 Å². The number of nitrogens with zero attached hydrogens (tertiary/aromatic N) is 1. The molecule has 0 amide bonds. The van der Waals surface area contributed by atoms with E-state index in [2.05, 4.69) is 61.8 Å². The van der Waals surface area contributed by atoms with E-state index in [1.807, 2.05) is 31.2 Å². The summed E-state index contributed by atoms with van der Waals surface area (Å²) in [5, 5.41) is 3.35. The fourth-order valence-corrected chi connectivity index (χ4v) is 5.53. The van der Waals surface area contributed by atoms with Gasteiger partial charge in [0.05, 0.1) is 24.3 Å². The number of rotatable bonds is 3. The highest BCUT2D eigenvalue weighted by molar-refractivity contribution is 6.23. The Morgan fingerprint density at radius 2 is 1.68 bits per heavy atom. The summed E-state index contributed by atoms with van der Waals surface area (Å²) >= 11 is 0. The van der Waals surface area contributed by atoms with Gasteiger partial charge in [0, 0.05) is 39.5 Å². The Hall–Kier alpha value is -3.86. The van der Waals surface area contributed by atoms with Crippen molar-refractivity contribution in [2.24, 2.45) is 0 Å². The molecule has 0 spiro atoms. The number of hydrogen-bond acceptors (Lipinski definition) is 4. The van der Waals surface area contributed by atoms with Crippen molar-refractivity contribution in [1.29, 1.82) is 0 Å². The fourth-order valence-electron chi connectivity index (χ4n) is 5.53.